The lowest BCUT2D eigenvalue weighted by molar-refractivity contribution is -0.144. The smallest absolute Gasteiger partial charge is 0.309 e. The number of carbonyl (C=O) groups excluding carboxylic acids is 2. The fraction of sp³-hybridized carbons (Fsp3) is 0.818. The summed E-state index contributed by atoms with van der Waals surface area (Å²) in [6.45, 7) is 1.81. The summed E-state index contributed by atoms with van der Waals surface area (Å²) >= 11 is 1.49. The fourth-order valence-electron chi connectivity index (χ4n) is 1.36. The molecule has 0 aromatic rings. The van der Waals surface area contributed by atoms with Gasteiger partial charge in [-0.05, 0) is 12.8 Å². The van der Waals surface area contributed by atoms with Crippen molar-refractivity contribution in [2.45, 2.75) is 25.8 Å². The molecule has 16 heavy (non-hydrogen) atoms. The van der Waals surface area contributed by atoms with Gasteiger partial charge in [0, 0.05) is 18.8 Å². The number of hydrogen-bond donors (Lipinski definition) is 0. The number of nitrogens with zero attached hydrogens (tertiary/aromatic N) is 1. The SMILES string of the molecule is COC(=O)C(C)CSCC(=O)N(C)C1CC1. The van der Waals surface area contributed by atoms with Gasteiger partial charge in [0.25, 0.3) is 0 Å². The highest BCUT2D eigenvalue weighted by molar-refractivity contribution is 7.99. The molecule has 0 radical (unpaired) electrons. The van der Waals surface area contributed by atoms with Crippen LogP contribution in [0.3, 0.4) is 0 Å². The molecule has 4 nitrogen and oxygen atoms in total. The number of methoxy groups -OCH3 is 1. The maximum Gasteiger partial charge on any atom is 0.309 e. The molecule has 0 bridgehead atoms. The van der Waals surface area contributed by atoms with Gasteiger partial charge in [0.15, 0.2) is 0 Å². The van der Waals surface area contributed by atoms with Gasteiger partial charge in [0.1, 0.15) is 0 Å². The van der Waals surface area contributed by atoms with Crippen LogP contribution in [-0.2, 0) is 14.3 Å². The van der Waals surface area contributed by atoms with Gasteiger partial charge in [-0.1, -0.05) is 6.92 Å². The van der Waals surface area contributed by atoms with E-state index in [0.29, 0.717) is 17.5 Å². The van der Waals surface area contributed by atoms with Gasteiger partial charge in [-0.3, -0.25) is 9.59 Å². The van der Waals surface area contributed by atoms with Crippen LogP contribution in [0.1, 0.15) is 19.8 Å². The normalized spacial score (nSPS) is 16.7. The average molecular weight is 245 g/mol. The lowest BCUT2D eigenvalue weighted by atomic mass is 10.2. The van der Waals surface area contributed by atoms with E-state index in [9.17, 15) is 9.59 Å². The summed E-state index contributed by atoms with van der Waals surface area (Å²) in [6, 6.07) is 0.464. The predicted octanol–water partition coefficient (Wildman–Crippen LogP) is 1.15. The first kappa shape index (κ1) is 13.4. The molecule has 1 saturated carbocycles. The molecule has 0 heterocycles. The highest BCUT2D eigenvalue weighted by Crippen LogP contribution is 2.26. The molecule has 5 heteroatoms. The second-order valence-corrected chi connectivity index (χ2v) is 5.21. The van der Waals surface area contributed by atoms with Crippen LogP contribution < -0.4 is 0 Å². The third-order valence-electron chi connectivity index (χ3n) is 2.68. The van der Waals surface area contributed by atoms with Crippen LogP contribution in [0.4, 0.5) is 0 Å². The molecule has 0 aromatic heterocycles. The van der Waals surface area contributed by atoms with Crippen molar-refractivity contribution < 1.29 is 14.3 Å². The molecule has 1 rings (SSSR count). The van der Waals surface area contributed by atoms with Crippen LogP contribution in [0.5, 0.6) is 0 Å². The summed E-state index contributed by atoms with van der Waals surface area (Å²) in [7, 11) is 3.24. The molecule has 0 aliphatic heterocycles. The number of rotatable bonds is 6. The van der Waals surface area contributed by atoms with E-state index in [1.54, 1.807) is 0 Å². The Kier molecular flexibility index (Phi) is 5.12. The van der Waals surface area contributed by atoms with Gasteiger partial charge in [0.05, 0.1) is 18.8 Å². The molecule has 1 aliphatic carbocycles. The molecule has 1 fully saturated rings. The third-order valence-corrected chi connectivity index (χ3v) is 3.87. The topological polar surface area (TPSA) is 46.6 Å². The minimum atomic E-state index is -0.213. The molecule has 0 spiro atoms. The van der Waals surface area contributed by atoms with E-state index >= 15 is 0 Å². The Morgan fingerprint density at radius 2 is 2.12 bits per heavy atom. The Labute approximate surface area is 101 Å². The summed E-state index contributed by atoms with van der Waals surface area (Å²) in [6.07, 6.45) is 2.26. The van der Waals surface area contributed by atoms with Gasteiger partial charge in [-0.25, -0.2) is 0 Å². The van der Waals surface area contributed by atoms with E-state index in [2.05, 4.69) is 4.74 Å². The second kappa shape index (κ2) is 6.13. The number of hydrogen-bond acceptors (Lipinski definition) is 4. The maximum atomic E-state index is 11.6. The third kappa shape index (κ3) is 4.04. The zero-order chi connectivity index (χ0) is 12.1. The van der Waals surface area contributed by atoms with Gasteiger partial charge < -0.3 is 9.64 Å². The summed E-state index contributed by atoms with van der Waals surface area (Å²) in [5.74, 6) is 0.889. The molecular formula is C11H19NO3S. The average Bonchev–Trinajstić information content (AvgIpc) is 3.10. The first-order valence-electron chi connectivity index (χ1n) is 5.47. The zero-order valence-electron chi connectivity index (χ0n) is 10.1. The van der Waals surface area contributed by atoms with E-state index in [-0.39, 0.29) is 17.8 Å². The van der Waals surface area contributed by atoms with Crippen LogP contribution in [-0.4, -0.2) is 48.5 Å². The van der Waals surface area contributed by atoms with E-state index < -0.39 is 0 Å². The van der Waals surface area contributed by atoms with Crippen LogP contribution >= 0.6 is 11.8 Å². The molecule has 1 atom stereocenters. The fourth-order valence-corrected chi connectivity index (χ4v) is 2.35. The van der Waals surface area contributed by atoms with E-state index in [1.807, 2.05) is 18.9 Å². The lowest BCUT2D eigenvalue weighted by Gasteiger charge is -2.16. The molecule has 1 amide bonds. The minimum absolute atomic E-state index is 0.144. The number of carbonyl (C=O) groups is 2. The van der Waals surface area contributed by atoms with Crippen LogP contribution in [0.25, 0.3) is 0 Å². The molecule has 0 aromatic carbocycles. The van der Waals surface area contributed by atoms with Crippen molar-refractivity contribution >= 4 is 23.6 Å². The first-order valence-corrected chi connectivity index (χ1v) is 6.63. The number of esters is 1. The minimum Gasteiger partial charge on any atom is -0.469 e. The van der Waals surface area contributed by atoms with E-state index in [1.165, 1.54) is 18.9 Å². The van der Waals surface area contributed by atoms with Crippen LogP contribution in [0.2, 0.25) is 0 Å². The summed E-state index contributed by atoms with van der Waals surface area (Å²) in [4.78, 5) is 24.6. The van der Waals surface area contributed by atoms with Crippen molar-refractivity contribution in [3.8, 4) is 0 Å². The maximum absolute atomic E-state index is 11.6. The molecule has 1 aliphatic rings. The lowest BCUT2D eigenvalue weighted by Crippen LogP contribution is -2.30. The van der Waals surface area contributed by atoms with Crippen molar-refractivity contribution in [2.75, 3.05) is 25.7 Å². The van der Waals surface area contributed by atoms with Gasteiger partial charge in [0.2, 0.25) is 5.91 Å². The quantitative estimate of drug-likeness (QED) is 0.659. The van der Waals surface area contributed by atoms with Gasteiger partial charge in [-0.2, -0.15) is 11.8 Å². The number of amides is 1. The Balaban J connectivity index is 2.14. The Morgan fingerprint density at radius 3 is 2.62 bits per heavy atom. The van der Waals surface area contributed by atoms with E-state index in [4.69, 9.17) is 0 Å². The Morgan fingerprint density at radius 1 is 1.50 bits per heavy atom. The van der Waals surface area contributed by atoms with Crippen LogP contribution in [0.15, 0.2) is 0 Å². The monoisotopic (exact) mass is 245 g/mol. The molecular weight excluding hydrogens is 226 g/mol. The van der Waals surface area contributed by atoms with E-state index in [0.717, 1.165) is 12.8 Å². The van der Waals surface area contributed by atoms with Crippen molar-refractivity contribution in [1.82, 2.24) is 4.90 Å². The summed E-state index contributed by atoms with van der Waals surface area (Å²) < 4.78 is 4.62. The highest BCUT2D eigenvalue weighted by Gasteiger charge is 2.29. The Bertz CT molecular complexity index is 266. The first-order chi connectivity index (χ1) is 7.56. The molecule has 1 unspecified atom stereocenters. The summed E-state index contributed by atoms with van der Waals surface area (Å²) in [5, 5.41) is 0. The zero-order valence-corrected chi connectivity index (χ0v) is 10.9. The van der Waals surface area contributed by atoms with Crippen molar-refractivity contribution in [3.63, 3.8) is 0 Å². The number of ether oxygens (including phenoxy) is 1. The Hall–Kier alpha value is -0.710. The van der Waals surface area contributed by atoms with Crippen molar-refractivity contribution in [3.05, 3.63) is 0 Å². The molecule has 0 N–H and O–H groups in total. The van der Waals surface area contributed by atoms with Crippen LogP contribution in [0, 0.1) is 5.92 Å². The van der Waals surface area contributed by atoms with Gasteiger partial charge in [-0.15, -0.1) is 0 Å². The molecule has 0 saturated heterocycles. The second-order valence-electron chi connectivity index (χ2n) is 4.18. The van der Waals surface area contributed by atoms with Crippen molar-refractivity contribution in [2.24, 2.45) is 5.92 Å². The number of thioether (sulfide) groups is 1. The largest absolute Gasteiger partial charge is 0.469 e. The van der Waals surface area contributed by atoms with Crippen molar-refractivity contribution in [1.29, 1.82) is 0 Å². The van der Waals surface area contributed by atoms with Gasteiger partial charge >= 0.3 is 5.97 Å². The molecule has 92 valence electrons. The highest BCUT2D eigenvalue weighted by atomic mass is 32.2. The standard InChI is InChI=1S/C11H19NO3S/c1-8(11(14)15-3)6-16-7-10(13)12(2)9-4-5-9/h8-9H,4-7H2,1-3H3. The predicted molar refractivity (Wildman–Crippen MR) is 64.3 cm³/mol. The summed E-state index contributed by atoms with van der Waals surface area (Å²) in [5.41, 5.74) is 0.